The molecule has 0 atom stereocenters. The lowest BCUT2D eigenvalue weighted by Gasteiger charge is -2.02. The Bertz CT molecular complexity index is 208. The molecule has 1 rings (SSSR count). The maximum absolute atomic E-state index is 5.44. The summed E-state index contributed by atoms with van der Waals surface area (Å²) in [5, 5.41) is 3.99. The summed E-state index contributed by atoms with van der Waals surface area (Å²) >= 11 is 6.80. The van der Waals surface area contributed by atoms with Gasteiger partial charge in [-0.25, -0.2) is 4.98 Å². The van der Waals surface area contributed by atoms with Gasteiger partial charge in [-0.3, -0.25) is 0 Å². The van der Waals surface area contributed by atoms with Gasteiger partial charge in [-0.1, -0.05) is 0 Å². The van der Waals surface area contributed by atoms with E-state index in [0.29, 0.717) is 12.5 Å². The van der Waals surface area contributed by atoms with Crippen molar-refractivity contribution in [2.45, 2.75) is 6.42 Å². The summed E-state index contributed by atoms with van der Waals surface area (Å²) < 4.78 is 9.07. The Balaban J connectivity index is 1.90. The summed E-state index contributed by atoms with van der Waals surface area (Å²) in [7, 11) is 0. The second kappa shape index (κ2) is 7.06. The van der Waals surface area contributed by atoms with Crippen molar-refractivity contribution in [2.75, 3.05) is 31.0 Å². The average Bonchev–Trinajstić information content (AvgIpc) is 2.63. The van der Waals surface area contributed by atoms with Crippen molar-refractivity contribution in [1.82, 2.24) is 9.36 Å². The van der Waals surface area contributed by atoms with Gasteiger partial charge in [0.25, 0.3) is 0 Å². The summed E-state index contributed by atoms with van der Waals surface area (Å²) in [6.45, 7) is 2.22. The fourth-order valence-electron chi connectivity index (χ4n) is 0.777. The minimum absolute atomic E-state index is 0.559. The first-order chi connectivity index (χ1) is 6.43. The molecule has 1 N–H and O–H groups in total. The molecule has 0 saturated heterocycles. The molecule has 1 heterocycles. The standard InChI is InChI=1S/C7H12ClN3OS/c8-2-5-12-4-1-3-9-7-10-6-11-13-7/h6H,1-5H2,(H,9,10,11). The molecule has 0 unspecified atom stereocenters. The SMILES string of the molecule is ClCCOCCCNc1ncns1. The van der Waals surface area contributed by atoms with Crippen LogP contribution in [-0.2, 0) is 4.74 Å². The summed E-state index contributed by atoms with van der Waals surface area (Å²) in [5.41, 5.74) is 0. The van der Waals surface area contributed by atoms with Crippen molar-refractivity contribution in [3.63, 3.8) is 0 Å². The number of alkyl halides is 1. The molecule has 1 aromatic heterocycles. The topological polar surface area (TPSA) is 47.0 Å². The van der Waals surface area contributed by atoms with Crippen molar-refractivity contribution in [1.29, 1.82) is 0 Å². The molecule has 0 bridgehead atoms. The zero-order valence-electron chi connectivity index (χ0n) is 7.20. The minimum atomic E-state index is 0.559. The van der Waals surface area contributed by atoms with E-state index in [4.69, 9.17) is 16.3 Å². The van der Waals surface area contributed by atoms with Crippen LogP contribution < -0.4 is 5.32 Å². The molecule has 0 aliphatic rings. The highest BCUT2D eigenvalue weighted by atomic mass is 35.5. The average molecular weight is 222 g/mol. The Kier molecular flexibility index (Phi) is 5.80. The molecule has 4 nitrogen and oxygen atoms in total. The predicted molar refractivity (Wildman–Crippen MR) is 54.6 cm³/mol. The lowest BCUT2D eigenvalue weighted by atomic mass is 10.4. The molecule has 0 aliphatic heterocycles. The maximum atomic E-state index is 5.44. The summed E-state index contributed by atoms with van der Waals surface area (Å²) in [4.78, 5) is 3.98. The van der Waals surface area contributed by atoms with E-state index >= 15 is 0 Å². The van der Waals surface area contributed by atoms with Crippen molar-refractivity contribution in [2.24, 2.45) is 0 Å². The van der Waals surface area contributed by atoms with Crippen LogP contribution in [0.5, 0.6) is 0 Å². The van der Waals surface area contributed by atoms with Gasteiger partial charge in [0.1, 0.15) is 6.33 Å². The number of hydrogen-bond acceptors (Lipinski definition) is 5. The first-order valence-corrected chi connectivity index (χ1v) is 5.38. The van der Waals surface area contributed by atoms with Crippen molar-refractivity contribution in [3.8, 4) is 0 Å². The van der Waals surface area contributed by atoms with Crippen molar-refractivity contribution >= 4 is 28.3 Å². The van der Waals surface area contributed by atoms with Gasteiger partial charge in [-0.05, 0) is 6.42 Å². The van der Waals surface area contributed by atoms with Crippen LogP contribution in [0, 0.1) is 0 Å². The van der Waals surface area contributed by atoms with Crippen LogP contribution in [0.3, 0.4) is 0 Å². The predicted octanol–water partition coefficient (Wildman–Crippen LogP) is 1.60. The van der Waals surface area contributed by atoms with E-state index in [0.717, 1.165) is 24.7 Å². The molecule has 0 aliphatic carbocycles. The zero-order valence-corrected chi connectivity index (χ0v) is 8.77. The highest BCUT2D eigenvalue weighted by Crippen LogP contribution is 2.05. The second-order valence-corrected chi connectivity index (χ2v) is 3.49. The molecule has 13 heavy (non-hydrogen) atoms. The normalized spacial score (nSPS) is 10.2. The first-order valence-electron chi connectivity index (χ1n) is 4.07. The largest absolute Gasteiger partial charge is 0.380 e. The number of rotatable bonds is 7. The molecular formula is C7H12ClN3OS. The Labute approximate surface area is 86.4 Å². The summed E-state index contributed by atoms with van der Waals surface area (Å²) in [6.07, 6.45) is 2.49. The molecule has 0 spiro atoms. The van der Waals surface area contributed by atoms with E-state index in [1.54, 1.807) is 0 Å². The number of anilines is 1. The van der Waals surface area contributed by atoms with Crippen molar-refractivity contribution < 1.29 is 4.74 Å². The van der Waals surface area contributed by atoms with Crippen LogP contribution >= 0.6 is 23.1 Å². The van der Waals surface area contributed by atoms with Gasteiger partial charge < -0.3 is 10.1 Å². The summed E-state index contributed by atoms with van der Waals surface area (Å²) in [5.74, 6) is 0.559. The third-order valence-electron chi connectivity index (χ3n) is 1.32. The van der Waals surface area contributed by atoms with Crippen LogP contribution in [0.25, 0.3) is 0 Å². The van der Waals surface area contributed by atoms with Crippen LogP contribution in [0.4, 0.5) is 5.13 Å². The highest BCUT2D eigenvalue weighted by Gasteiger charge is 1.93. The number of nitrogens with zero attached hydrogens (tertiary/aromatic N) is 2. The zero-order chi connectivity index (χ0) is 9.36. The molecule has 6 heteroatoms. The van der Waals surface area contributed by atoms with Gasteiger partial charge in [0.05, 0.1) is 6.61 Å². The van der Waals surface area contributed by atoms with E-state index in [1.165, 1.54) is 17.9 Å². The number of halogens is 1. The van der Waals surface area contributed by atoms with E-state index < -0.39 is 0 Å². The van der Waals surface area contributed by atoms with Gasteiger partial charge in [0, 0.05) is 30.6 Å². The van der Waals surface area contributed by atoms with Gasteiger partial charge >= 0.3 is 0 Å². The third kappa shape index (κ3) is 5.02. The maximum Gasteiger partial charge on any atom is 0.202 e. The van der Waals surface area contributed by atoms with Crippen LogP contribution in [0.2, 0.25) is 0 Å². The molecule has 0 saturated carbocycles. The van der Waals surface area contributed by atoms with Gasteiger partial charge in [-0.15, -0.1) is 11.6 Å². The molecule has 0 radical (unpaired) electrons. The first kappa shape index (κ1) is 10.7. The van der Waals surface area contributed by atoms with Crippen molar-refractivity contribution in [3.05, 3.63) is 6.33 Å². The lowest BCUT2D eigenvalue weighted by molar-refractivity contribution is 0.149. The second-order valence-electron chi connectivity index (χ2n) is 2.33. The fraction of sp³-hybridized carbons (Fsp3) is 0.714. The lowest BCUT2D eigenvalue weighted by Crippen LogP contribution is -2.06. The molecule has 1 aromatic rings. The van der Waals surface area contributed by atoms with Crippen LogP contribution in [-0.4, -0.2) is 35.0 Å². The molecular weight excluding hydrogens is 210 g/mol. The Morgan fingerprint density at radius 1 is 1.54 bits per heavy atom. The Morgan fingerprint density at radius 2 is 2.46 bits per heavy atom. The van der Waals surface area contributed by atoms with Crippen LogP contribution in [0.1, 0.15) is 6.42 Å². The number of nitrogens with one attached hydrogen (secondary N) is 1. The van der Waals surface area contributed by atoms with E-state index in [-0.39, 0.29) is 0 Å². The fourth-order valence-corrected chi connectivity index (χ4v) is 1.34. The Morgan fingerprint density at radius 3 is 3.15 bits per heavy atom. The van der Waals surface area contributed by atoms with E-state index in [9.17, 15) is 0 Å². The quantitative estimate of drug-likeness (QED) is 0.561. The number of aromatic nitrogens is 2. The number of ether oxygens (including phenoxy) is 1. The smallest absolute Gasteiger partial charge is 0.202 e. The van der Waals surface area contributed by atoms with Crippen LogP contribution in [0.15, 0.2) is 6.33 Å². The summed E-state index contributed by atoms with van der Waals surface area (Å²) in [6, 6.07) is 0. The minimum Gasteiger partial charge on any atom is -0.380 e. The molecule has 74 valence electrons. The van der Waals surface area contributed by atoms with E-state index in [2.05, 4.69) is 14.7 Å². The van der Waals surface area contributed by atoms with E-state index in [1.807, 2.05) is 0 Å². The van der Waals surface area contributed by atoms with Gasteiger partial charge in [0.2, 0.25) is 5.13 Å². The highest BCUT2D eigenvalue weighted by molar-refractivity contribution is 7.09. The monoisotopic (exact) mass is 221 g/mol. The van der Waals surface area contributed by atoms with Gasteiger partial charge in [0.15, 0.2) is 0 Å². The van der Waals surface area contributed by atoms with Gasteiger partial charge in [-0.2, -0.15) is 4.37 Å². The molecule has 0 fully saturated rings. The molecule has 0 aromatic carbocycles. The Hall–Kier alpha value is -0.390. The molecule has 0 amide bonds. The number of hydrogen-bond donors (Lipinski definition) is 1. The third-order valence-corrected chi connectivity index (χ3v) is 2.10.